The average Bonchev–Trinajstić information content (AvgIpc) is 3.18. The molecule has 1 fully saturated rings. The van der Waals surface area contributed by atoms with Crippen molar-refractivity contribution in [3.8, 4) is 0 Å². The molecule has 1 aliphatic rings. The minimum absolute atomic E-state index is 0.0957. The largest absolute Gasteiger partial charge is 0.381 e. The van der Waals surface area contributed by atoms with Crippen molar-refractivity contribution in [1.82, 2.24) is 15.1 Å². The van der Waals surface area contributed by atoms with Crippen molar-refractivity contribution in [2.75, 3.05) is 31.6 Å². The molecule has 0 aliphatic carbocycles. The summed E-state index contributed by atoms with van der Waals surface area (Å²) in [6.45, 7) is 9.26. The van der Waals surface area contributed by atoms with E-state index in [2.05, 4.69) is 29.4 Å². The molecule has 0 radical (unpaired) electrons. The summed E-state index contributed by atoms with van der Waals surface area (Å²) >= 11 is 1.48. The molecule has 1 saturated heterocycles. The van der Waals surface area contributed by atoms with Crippen LogP contribution in [0.4, 0.5) is 9.93 Å². The Morgan fingerprint density at radius 3 is 2.77 bits per heavy atom. The van der Waals surface area contributed by atoms with E-state index >= 15 is 0 Å². The number of anilines is 1. The number of nitrogens with one attached hydrogen (secondary N) is 1. The zero-order valence-electron chi connectivity index (χ0n) is 13.7. The number of nitrogens with zero attached hydrogens (tertiary/aromatic N) is 3. The summed E-state index contributed by atoms with van der Waals surface area (Å²) in [7, 11) is 0. The lowest BCUT2D eigenvalue weighted by Crippen LogP contribution is -2.38. The monoisotopic (exact) mass is 326 g/mol. The lowest BCUT2D eigenvalue weighted by molar-refractivity contribution is 0.171. The summed E-state index contributed by atoms with van der Waals surface area (Å²) in [5.41, 5.74) is 0. The van der Waals surface area contributed by atoms with Crippen molar-refractivity contribution in [1.29, 1.82) is 0 Å². The Morgan fingerprint density at radius 2 is 2.18 bits per heavy atom. The summed E-state index contributed by atoms with van der Waals surface area (Å²) < 4.78 is 5.38. The van der Waals surface area contributed by atoms with Gasteiger partial charge in [0.15, 0.2) is 0 Å². The molecule has 7 heteroatoms. The topological polar surface area (TPSA) is 67.4 Å². The van der Waals surface area contributed by atoms with Crippen LogP contribution in [0.2, 0.25) is 0 Å². The molecule has 0 bridgehead atoms. The van der Waals surface area contributed by atoms with Crippen LogP contribution in [0.5, 0.6) is 0 Å². The molecule has 1 aromatic rings. The molecule has 2 heterocycles. The third kappa shape index (κ3) is 4.39. The van der Waals surface area contributed by atoms with E-state index in [1.54, 1.807) is 0 Å². The van der Waals surface area contributed by atoms with Crippen molar-refractivity contribution >= 4 is 22.5 Å². The molecule has 1 aliphatic heterocycles. The predicted octanol–water partition coefficient (Wildman–Crippen LogP) is 3.33. The first kappa shape index (κ1) is 17.1. The Labute approximate surface area is 136 Å². The van der Waals surface area contributed by atoms with Crippen molar-refractivity contribution < 1.29 is 9.53 Å². The van der Waals surface area contributed by atoms with E-state index in [1.807, 2.05) is 11.8 Å². The van der Waals surface area contributed by atoms with Crippen LogP contribution in [0.25, 0.3) is 0 Å². The second-order valence-electron chi connectivity index (χ2n) is 5.66. The molecule has 2 amide bonds. The van der Waals surface area contributed by atoms with Gasteiger partial charge in [-0.15, -0.1) is 10.2 Å². The number of carbonyl (C=O) groups excluding carboxylic acids is 1. The van der Waals surface area contributed by atoms with Crippen LogP contribution in [0, 0.1) is 5.92 Å². The highest BCUT2D eigenvalue weighted by atomic mass is 32.1. The van der Waals surface area contributed by atoms with E-state index in [9.17, 15) is 4.79 Å². The maximum atomic E-state index is 12.4. The molecule has 22 heavy (non-hydrogen) atoms. The fraction of sp³-hybridized carbons (Fsp3) is 0.800. The fourth-order valence-electron chi connectivity index (χ4n) is 2.65. The fourth-order valence-corrected chi connectivity index (χ4v) is 3.65. The number of ether oxygens (including phenoxy) is 1. The average molecular weight is 326 g/mol. The van der Waals surface area contributed by atoms with E-state index in [0.29, 0.717) is 23.5 Å². The number of urea groups is 1. The zero-order chi connectivity index (χ0) is 15.9. The van der Waals surface area contributed by atoms with Gasteiger partial charge in [0.05, 0.1) is 6.61 Å². The summed E-state index contributed by atoms with van der Waals surface area (Å²) in [6, 6.07) is -0.0957. The second-order valence-corrected chi connectivity index (χ2v) is 6.67. The molecule has 0 unspecified atom stereocenters. The normalized spacial score (nSPS) is 17.9. The standard InChI is InChI=1S/C15H26N4O2S/c1-4-12(5-2)13-17-18-14(22-13)16-15(20)19(6-3)9-11-7-8-21-10-11/h11-12H,4-10H2,1-3H3,(H,16,18,20)/t11-/m0/s1. The minimum atomic E-state index is -0.0957. The summed E-state index contributed by atoms with van der Waals surface area (Å²) in [5.74, 6) is 0.876. The minimum Gasteiger partial charge on any atom is -0.381 e. The summed E-state index contributed by atoms with van der Waals surface area (Å²) in [6.07, 6.45) is 3.12. The zero-order valence-corrected chi connectivity index (χ0v) is 14.5. The maximum Gasteiger partial charge on any atom is 0.323 e. The number of hydrogen-bond donors (Lipinski definition) is 1. The molecule has 1 aromatic heterocycles. The van der Waals surface area contributed by atoms with E-state index in [-0.39, 0.29) is 6.03 Å². The van der Waals surface area contributed by atoms with Crippen LogP contribution in [0.1, 0.15) is 51.0 Å². The van der Waals surface area contributed by atoms with Gasteiger partial charge in [0.2, 0.25) is 5.13 Å². The molecule has 0 aromatic carbocycles. The van der Waals surface area contributed by atoms with Gasteiger partial charge in [-0.05, 0) is 26.2 Å². The van der Waals surface area contributed by atoms with Gasteiger partial charge >= 0.3 is 6.03 Å². The lowest BCUT2D eigenvalue weighted by Gasteiger charge is -2.23. The highest BCUT2D eigenvalue weighted by Crippen LogP contribution is 2.28. The van der Waals surface area contributed by atoms with Gasteiger partial charge in [-0.2, -0.15) is 0 Å². The maximum absolute atomic E-state index is 12.4. The van der Waals surface area contributed by atoms with Crippen molar-refractivity contribution in [2.24, 2.45) is 5.92 Å². The van der Waals surface area contributed by atoms with Gasteiger partial charge in [0, 0.05) is 31.5 Å². The molecular weight excluding hydrogens is 300 g/mol. The molecule has 1 atom stereocenters. The van der Waals surface area contributed by atoms with Crippen LogP contribution in [-0.4, -0.2) is 47.4 Å². The number of carbonyl (C=O) groups is 1. The van der Waals surface area contributed by atoms with Crippen LogP contribution in [0.3, 0.4) is 0 Å². The smallest absolute Gasteiger partial charge is 0.323 e. The third-order valence-corrected chi connectivity index (χ3v) is 5.16. The predicted molar refractivity (Wildman–Crippen MR) is 88.4 cm³/mol. The molecule has 0 saturated carbocycles. The third-order valence-electron chi connectivity index (χ3n) is 4.16. The number of rotatable bonds is 7. The van der Waals surface area contributed by atoms with Crippen molar-refractivity contribution in [3.05, 3.63) is 5.01 Å². The van der Waals surface area contributed by atoms with Crippen LogP contribution >= 0.6 is 11.3 Å². The SMILES string of the molecule is CCC(CC)c1nnc(NC(=O)N(CC)C[C@@H]2CCOC2)s1. The van der Waals surface area contributed by atoms with Crippen molar-refractivity contribution in [3.63, 3.8) is 0 Å². The highest BCUT2D eigenvalue weighted by Gasteiger charge is 2.22. The molecular formula is C15H26N4O2S. The molecule has 2 rings (SSSR count). The number of hydrogen-bond acceptors (Lipinski definition) is 5. The Balaban J connectivity index is 1.91. The summed E-state index contributed by atoms with van der Waals surface area (Å²) in [4.78, 5) is 14.2. The van der Waals surface area contributed by atoms with E-state index in [0.717, 1.165) is 44.0 Å². The first-order chi connectivity index (χ1) is 10.7. The lowest BCUT2D eigenvalue weighted by atomic mass is 10.1. The van der Waals surface area contributed by atoms with Crippen LogP contribution in [-0.2, 0) is 4.74 Å². The first-order valence-corrected chi connectivity index (χ1v) is 8.96. The number of amides is 2. The van der Waals surface area contributed by atoms with E-state index < -0.39 is 0 Å². The summed E-state index contributed by atoms with van der Waals surface area (Å²) in [5, 5.41) is 12.8. The molecule has 6 nitrogen and oxygen atoms in total. The van der Waals surface area contributed by atoms with Gasteiger partial charge in [-0.3, -0.25) is 5.32 Å². The van der Waals surface area contributed by atoms with E-state index in [4.69, 9.17) is 4.74 Å². The van der Waals surface area contributed by atoms with Crippen LogP contribution in [0.15, 0.2) is 0 Å². The molecule has 0 spiro atoms. The highest BCUT2D eigenvalue weighted by molar-refractivity contribution is 7.15. The second kappa shape index (κ2) is 8.43. The van der Waals surface area contributed by atoms with Crippen LogP contribution < -0.4 is 5.32 Å². The van der Waals surface area contributed by atoms with E-state index in [1.165, 1.54) is 11.3 Å². The van der Waals surface area contributed by atoms with Gasteiger partial charge in [-0.1, -0.05) is 25.2 Å². The Morgan fingerprint density at radius 1 is 1.41 bits per heavy atom. The Kier molecular flexibility index (Phi) is 6.57. The molecule has 124 valence electrons. The van der Waals surface area contributed by atoms with Gasteiger partial charge in [0.25, 0.3) is 0 Å². The Bertz CT molecular complexity index is 470. The number of aromatic nitrogens is 2. The molecule has 1 N–H and O–H groups in total. The van der Waals surface area contributed by atoms with Gasteiger partial charge < -0.3 is 9.64 Å². The van der Waals surface area contributed by atoms with Crippen molar-refractivity contribution in [2.45, 2.75) is 46.0 Å². The first-order valence-electron chi connectivity index (χ1n) is 8.14. The Hall–Kier alpha value is -1.21. The van der Waals surface area contributed by atoms with Gasteiger partial charge in [-0.25, -0.2) is 4.79 Å². The van der Waals surface area contributed by atoms with Gasteiger partial charge in [0.1, 0.15) is 5.01 Å². The quantitative estimate of drug-likeness (QED) is 0.834.